The fraction of sp³-hybridized carbons (Fsp3) is 0.158. The highest BCUT2D eigenvalue weighted by atomic mass is 35.5. The van der Waals surface area contributed by atoms with Crippen LogP contribution in [0.1, 0.15) is 15.9 Å². The predicted octanol–water partition coefficient (Wildman–Crippen LogP) is 4.99. The van der Waals surface area contributed by atoms with Gasteiger partial charge in [-0.2, -0.15) is 13.2 Å². The standard InChI is InChI=1S/C19H14ClF3N2O2/c1-11-14(20)6-4-7-15(11)24-17(26)10-25-9-13(18(27)19(21,22)23)12-5-2-3-8-16(12)25/h2-9H,10H2,1H3,(H,24,26). The van der Waals surface area contributed by atoms with Crippen molar-refractivity contribution in [2.45, 2.75) is 19.6 Å². The molecule has 0 aliphatic carbocycles. The highest BCUT2D eigenvalue weighted by Gasteiger charge is 2.40. The highest BCUT2D eigenvalue weighted by molar-refractivity contribution is 6.31. The topological polar surface area (TPSA) is 51.1 Å². The van der Waals surface area contributed by atoms with Crippen LogP contribution >= 0.6 is 11.6 Å². The van der Waals surface area contributed by atoms with Crippen LogP contribution in [-0.2, 0) is 11.3 Å². The van der Waals surface area contributed by atoms with Crippen molar-refractivity contribution in [1.82, 2.24) is 4.57 Å². The van der Waals surface area contributed by atoms with E-state index in [0.717, 1.165) is 6.20 Å². The van der Waals surface area contributed by atoms with E-state index < -0.39 is 23.4 Å². The van der Waals surface area contributed by atoms with Gasteiger partial charge in [0.15, 0.2) is 0 Å². The number of alkyl halides is 3. The number of rotatable bonds is 4. The van der Waals surface area contributed by atoms with Crippen LogP contribution in [-0.4, -0.2) is 22.4 Å². The second-order valence-electron chi connectivity index (χ2n) is 5.98. The van der Waals surface area contributed by atoms with Crippen molar-refractivity contribution in [2.75, 3.05) is 5.32 Å². The second kappa shape index (κ2) is 7.08. The Kier molecular flexibility index (Phi) is 4.97. The molecule has 3 rings (SSSR count). The zero-order valence-corrected chi connectivity index (χ0v) is 14.9. The molecule has 0 spiro atoms. The first-order chi connectivity index (χ1) is 12.7. The van der Waals surface area contributed by atoms with Crippen LogP contribution in [0.3, 0.4) is 0 Å². The van der Waals surface area contributed by atoms with Gasteiger partial charge in [0.05, 0.1) is 5.56 Å². The first kappa shape index (κ1) is 19.0. The lowest BCUT2D eigenvalue weighted by molar-refractivity contribution is -0.116. The molecule has 0 fully saturated rings. The molecule has 0 atom stereocenters. The van der Waals surface area contributed by atoms with Crippen LogP contribution in [0.15, 0.2) is 48.7 Å². The molecule has 0 radical (unpaired) electrons. The number of amides is 1. The zero-order valence-electron chi connectivity index (χ0n) is 14.1. The molecular formula is C19H14ClF3N2O2. The molecule has 1 amide bonds. The maximum atomic E-state index is 12.9. The smallest absolute Gasteiger partial charge is 0.337 e. The maximum absolute atomic E-state index is 12.9. The number of anilines is 1. The predicted molar refractivity (Wildman–Crippen MR) is 97.1 cm³/mol. The van der Waals surface area contributed by atoms with Crippen LogP contribution in [0.4, 0.5) is 18.9 Å². The summed E-state index contributed by atoms with van der Waals surface area (Å²) >= 11 is 6.02. The van der Waals surface area contributed by atoms with E-state index in [-0.39, 0.29) is 11.9 Å². The molecule has 0 unspecified atom stereocenters. The first-order valence-electron chi connectivity index (χ1n) is 7.93. The van der Waals surface area contributed by atoms with Crippen molar-refractivity contribution in [3.8, 4) is 0 Å². The number of Topliss-reactive ketones (excluding diaryl/α,β-unsaturated/α-hetero) is 1. The molecule has 3 aromatic rings. The van der Waals surface area contributed by atoms with Gasteiger partial charge >= 0.3 is 6.18 Å². The monoisotopic (exact) mass is 394 g/mol. The van der Waals surface area contributed by atoms with Crippen molar-refractivity contribution >= 4 is 39.9 Å². The van der Waals surface area contributed by atoms with E-state index in [2.05, 4.69) is 5.32 Å². The number of hydrogen-bond donors (Lipinski definition) is 1. The summed E-state index contributed by atoms with van der Waals surface area (Å²) < 4.78 is 39.9. The van der Waals surface area contributed by atoms with Crippen LogP contribution in [0.5, 0.6) is 0 Å². The summed E-state index contributed by atoms with van der Waals surface area (Å²) in [4.78, 5) is 24.1. The molecule has 0 aliphatic heterocycles. The number of aromatic nitrogens is 1. The maximum Gasteiger partial charge on any atom is 0.454 e. The highest BCUT2D eigenvalue weighted by Crippen LogP contribution is 2.29. The van der Waals surface area contributed by atoms with Crippen molar-refractivity contribution in [3.05, 3.63) is 64.8 Å². The number of halogens is 4. The van der Waals surface area contributed by atoms with E-state index in [1.54, 1.807) is 37.3 Å². The van der Waals surface area contributed by atoms with Gasteiger partial charge in [-0.15, -0.1) is 0 Å². The number of para-hydroxylation sites is 1. The minimum atomic E-state index is -4.99. The van der Waals surface area contributed by atoms with Gasteiger partial charge in [-0.3, -0.25) is 9.59 Å². The third-order valence-corrected chi connectivity index (χ3v) is 4.56. The van der Waals surface area contributed by atoms with E-state index in [1.807, 2.05) is 0 Å². The quantitative estimate of drug-likeness (QED) is 0.634. The molecule has 0 aliphatic rings. The number of carbonyl (C=O) groups excluding carboxylic acids is 2. The number of benzene rings is 2. The summed E-state index contributed by atoms with van der Waals surface area (Å²) in [6.45, 7) is 1.49. The molecule has 140 valence electrons. The molecule has 0 saturated heterocycles. The van der Waals surface area contributed by atoms with Gasteiger partial charge in [-0.05, 0) is 30.7 Å². The molecule has 1 heterocycles. The Bertz CT molecular complexity index is 1040. The molecule has 2 aromatic carbocycles. The number of nitrogens with one attached hydrogen (secondary N) is 1. The van der Waals surface area contributed by atoms with E-state index in [9.17, 15) is 22.8 Å². The Morgan fingerprint density at radius 3 is 2.52 bits per heavy atom. The van der Waals surface area contributed by atoms with Gasteiger partial charge < -0.3 is 9.88 Å². The molecule has 0 bridgehead atoms. The van der Waals surface area contributed by atoms with E-state index in [1.165, 1.54) is 16.7 Å². The molecular weight excluding hydrogens is 381 g/mol. The first-order valence-corrected chi connectivity index (χ1v) is 8.30. The van der Waals surface area contributed by atoms with Crippen molar-refractivity contribution in [1.29, 1.82) is 0 Å². The normalized spacial score (nSPS) is 11.6. The Labute approximate surface area is 157 Å². The molecule has 4 nitrogen and oxygen atoms in total. The molecule has 27 heavy (non-hydrogen) atoms. The lowest BCUT2D eigenvalue weighted by Crippen LogP contribution is -2.22. The fourth-order valence-electron chi connectivity index (χ4n) is 2.80. The van der Waals surface area contributed by atoms with Gasteiger partial charge in [-0.1, -0.05) is 35.9 Å². The van der Waals surface area contributed by atoms with Gasteiger partial charge in [0, 0.05) is 27.8 Å². The number of ketones is 1. The van der Waals surface area contributed by atoms with Crippen molar-refractivity contribution < 1.29 is 22.8 Å². The SMILES string of the molecule is Cc1c(Cl)cccc1NC(=O)Cn1cc(C(=O)C(F)(F)F)c2ccccc21. The van der Waals surface area contributed by atoms with Crippen LogP contribution in [0, 0.1) is 6.92 Å². The summed E-state index contributed by atoms with van der Waals surface area (Å²) in [7, 11) is 0. The Hall–Kier alpha value is -2.80. The number of nitrogens with zero attached hydrogens (tertiary/aromatic N) is 1. The van der Waals surface area contributed by atoms with Crippen LogP contribution < -0.4 is 5.32 Å². The Morgan fingerprint density at radius 1 is 1.11 bits per heavy atom. The summed E-state index contributed by atoms with van der Waals surface area (Å²) in [6.07, 6.45) is -3.93. The summed E-state index contributed by atoms with van der Waals surface area (Å²) in [5, 5.41) is 3.31. The lowest BCUT2D eigenvalue weighted by Gasteiger charge is -2.10. The molecule has 1 aromatic heterocycles. The minimum Gasteiger partial charge on any atom is -0.337 e. The van der Waals surface area contributed by atoms with Crippen molar-refractivity contribution in [3.63, 3.8) is 0 Å². The summed E-state index contributed by atoms with van der Waals surface area (Å²) in [5.41, 5.74) is 1.07. The third kappa shape index (κ3) is 3.83. The average Bonchev–Trinajstić information content (AvgIpc) is 2.96. The summed E-state index contributed by atoms with van der Waals surface area (Å²) in [5.74, 6) is -2.39. The third-order valence-electron chi connectivity index (χ3n) is 4.15. The zero-order chi connectivity index (χ0) is 19.8. The Morgan fingerprint density at radius 2 is 1.81 bits per heavy atom. The average molecular weight is 395 g/mol. The van der Waals surface area contributed by atoms with Gasteiger partial charge in [-0.25, -0.2) is 0 Å². The van der Waals surface area contributed by atoms with Gasteiger partial charge in [0.1, 0.15) is 6.54 Å². The second-order valence-corrected chi connectivity index (χ2v) is 6.38. The van der Waals surface area contributed by atoms with Gasteiger partial charge in [0.2, 0.25) is 5.91 Å². The molecule has 1 N–H and O–H groups in total. The lowest BCUT2D eigenvalue weighted by atomic mass is 10.1. The molecule has 8 heteroatoms. The number of fused-ring (bicyclic) bond motifs is 1. The van der Waals surface area contributed by atoms with Crippen molar-refractivity contribution in [2.24, 2.45) is 0 Å². The van der Waals surface area contributed by atoms with Gasteiger partial charge in [0.25, 0.3) is 5.78 Å². The molecule has 0 saturated carbocycles. The summed E-state index contributed by atoms with van der Waals surface area (Å²) in [6, 6.07) is 11.2. The van der Waals surface area contributed by atoms with E-state index in [4.69, 9.17) is 11.6 Å². The van der Waals surface area contributed by atoms with E-state index >= 15 is 0 Å². The largest absolute Gasteiger partial charge is 0.454 e. The minimum absolute atomic E-state index is 0.145. The number of hydrogen-bond acceptors (Lipinski definition) is 2. The number of carbonyl (C=O) groups is 2. The van der Waals surface area contributed by atoms with E-state index in [0.29, 0.717) is 21.8 Å². The van der Waals surface area contributed by atoms with Crippen LogP contribution in [0.2, 0.25) is 5.02 Å². The fourth-order valence-corrected chi connectivity index (χ4v) is 2.97. The van der Waals surface area contributed by atoms with Crippen LogP contribution in [0.25, 0.3) is 10.9 Å². The Balaban J connectivity index is 1.92.